The molecule has 3 aromatic rings. The molecule has 6 nitrogen and oxygen atoms in total. The van der Waals surface area contributed by atoms with Crippen LogP contribution in [0.1, 0.15) is 22.8 Å². The fourth-order valence-corrected chi connectivity index (χ4v) is 2.59. The number of ether oxygens (including phenoxy) is 2. The predicted octanol–water partition coefficient (Wildman–Crippen LogP) is 3.77. The van der Waals surface area contributed by atoms with E-state index >= 15 is 0 Å². The molecular weight excluding hydrogens is 406 g/mol. The molecular formula is C23H20F2N2O4. The number of benzene rings is 3. The van der Waals surface area contributed by atoms with Crippen molar-refractivity contribution < 1.29 is 27.8 Å². The molecule has 0 radical (unpaired) electrons. The summed E-state index contributed by atoms with van der Waals surface area (Å²) in [6.07, 6.45) is -1.05. The van der Waals surface area contributed by atoms with Crippen LogP contribution in [-0.2, 0) is 11.4 Å². The molecule has 160 valence electrons. The van der Waals surface area contributed by atoms with Gasteiger partial charge in [-0.05, 0) is 48.9 Å². The van der Waals surface area contributed by atoms with Gasteiger partial charge < -0.3 is 9.47 Å². The largest absolute Gasteiger partial charge is 0.488 e. The Morgan fingerprint density at radius 3 is 2.23 bits per heavy atom. The quantitative estimate of drug-likeness (QED) is 0.564. The molecule has 8 heteroatoms. The van der Waals surface area contributed by atoms with Gasteiger partial charge in [0.15, 0.2) is 17.7 Å². The summed E-state index contributed by atoms with van der Waals surface area (Å²) in [6.45, 7) is 1.55. The van der Waals surface area contributed by atoms with Crippen LogP contribution in [0.4, 0.5) is 8.78 Å². The second-order valence-corrected chi connectivity index (χ2v) is 6.55. The minimum atomic E-state index is -1.05. The zero-order valence-corrected chi connectivity index (χ0v) is 16.6. The third-order valence-electron chi connectivity index (χ3n) is 4.25. The van der Waals surface area contributed by atoms with Gasteiger partial charge in [-0.15, -0.1) is 0 Å². The number of para-hydroxylation sites is 2. The zero-order valence-electron chi connectivity index (χ0n) is 16.6. The second kappa shape index (κ2) is 10.2. The molecule has 0 aromatic heterocycles. The van der Waals surface area contributed by atoms with E-state index in [4.69, 9.17) is 9.47 Å². The van der Waals surface area contributed by atoms with Crippen LogP contribution in [0.25, 0.3) is 0 Å². The molecule has 0 saturated carbocycles. The predicted molar refractivity (Wildman–Crippen MR) is 109 cm³/mol. The second-order valence-electron chi connectivity index (χ2n) is 6.55. The molecule has 0 bridgehead atoms. The third-order valence-corrected chi connectivity index (χ3v) is 4.25. The van der Waals surface area contributed by atoms with Crippen LogP contribution < -0.4 is 20.3 Å². The van der Waals surface area contributed by atoms with Crippen LogP contribution in [0, 0.1) is 11.6 Å². The van der Waals surface area contributed by atoms with E-state index in [2.05, 4.69) is 10.9 Å². The molecule has 0 aliphatic rings. The minimum Gasteiger partial charge on any atom is -0.488 e. The van der Waals surface area contributed by atoms with Crippen molar-refractivity contribution in [2.45, 2.75) is 19.6 Å². The van der Waals surface area contributed by atoms with E-state index in [-0.39, 0.29) is 29.5 Å². The van der Waals surface area contributed by atoms with E-state index in [9.17, 15) is 18.4 Å². The molecule has 1 unspecified atom stereocenters. The fraction of sp³-hybridized carbons (Fsp3) is 0.130. The number of hydrogen-bond donors (Lipinski definition) is 2. The van der Waals surface area contributed by atoms with E-state index in [0.717, 1.165) is 5.56 Å². The average Bonchev–Trinajstić information content (AvgIpc) is 2.78. The first kappa shape index (κ1) is 21.8. The van der Waals surface area contributed by atoms with Crippen LogP contribution in [0.3, 0.4) is 0 Å². The maximum atomic E-state index is 13.6. The van der Waals surface area contributed by atoms with Gasteiger partial charge in [-0.2, -0.15) is 0 Å². The summed E-state index contributed by atoms with van der Waals surface area (Å²) in [5.74, 6) is -2.02. The Balaban J connectivity index is 1.57. The van der Waals surface area contributed by atoms with Gasteiger partial charge in [-0.25, -0.2) is 8.78 Å². The number of carbonyl (C=O) groups is 2. The van der Waals surface area contributed by atoms with Crippen molar-refractivity contribution in [1.82, 2.24) is 10.9 Å². The van der Waals surface area contributed by atoms with Gasteiger partial charge in [0.2, 0.25) is 0 Å². The number of nitrogens with one attached hydrogen (secondary N) is 2. The Hall–Kier alpha value is -3.94. The van der Waals surface area contributed by atoms with Gasteiger partial charge in [0.05, 0.1) is 5.56 Å². The SMILES string of the molecule is CC(Oc1ccccc1F)C(=O)NNC(=O)c1ccccc1OCc1ccc(F)cc1. The minimum absolute atomic E-state index is 0.0731. The lowest BCUT2D eigenvalue weighted by Gasteiger charge is -2.16. The highest BCUT2D eigenvalue weighted by Gasteiger charge is 2.18. The topological polar surface area (TPSA) is 76.7 Å². The summed E-state index contributed by atoms with van der Waals surface area (Å²) in [7, 11) is 0. The molecule has 2 N–H and O–H groups in total. The van der Waals surface area contributed by atoms with Gasteiger partial charge in [0.1, 0.15) is 18.2 Å². The summed E-state index contributed by atoms with van der Waals surface area (Å²) in [5, 5.41) is 0. The lowest BCUT2D eigenvalue weighted by molar-refractivity contribution is -0.128. The van der Waals surface area contributed by atoms with E-state index in [1.54, 1.807) is 36.4 Å². The first-order chi connectivity index (χ1) is 14.9. The van der Waals surface area contributed by atoms with Crippen LogP contribution in [0.15, 0.2) is 72.8 Å². The Bertz CT molecular complexity index is 1060. The first-order valence-electron chi connectivity index (χ1n) is 9.41. The molecule has 0 saturated heterocycles. The van der Waals surface area contributed by atoms with Crippen molar-refractivity contribution in [1.29, 1.82) is 0 Å². The van der Waals surface area contributed by atoms with E-state index in [1.165, 1.54) is 43.3 Å². The monoisotopic (exact) mass is 426 g/mol. The molecule has 1 atom stereocenters. The van der Waals surface area contributed by atoms with Gasteiger partial charge in [0, 0.05) is 0 Å². The van der Waals surface area contributed by atoms with Gasteiger partial charge in [0.25, 0.3) is 11.8 Å². The Morgan fingerprint density at radius 1 is 0.871 bits per heavy atom. The van der Waals surface area contributed by atoms with E-state index < -0.39 is 23.7 Å². The van der Waals surface area contributed by atoms with E-state index in [1.807, 2.05) is 0 Å². The smallest absolute Gasteiger partial charge is 0.279 e. The van der Waals surface area contributed by atoms with Crippen LogP contribution >= 0.6 is 0 Å². The van der Waals surface area contributed by atoms with Crippen LogP contribution in [0.5, 0.6) is 11.5 Å². The zero-order chi connectivity index (χ0) is 22.2. The van der Waals surface area contributed by atoms with Gasteiger partial charge in [-0.1, -0.05) is 36.4 Å². The van der Waals surface area contributed by atoms with Crippen molar-refractivity contribution in [3.63, 3.8) is 0 Å². The molecule has 0 heterocycles. The standard InChI is InChI=1S/C23H20F2N2O4/c1-15(31-21-9-5-3-7-19(21)25)22(28)26-27-23(29)18-6-2-4-8-20(18)30-14-16-10-12-17(24)13-11-16/h2-13,15H,14H2,1H3,(H,26,28)(H,27,29). The van der Waals surface area contributed by atoms with E-state index in [0.29, 0.717) is 0 Å². The Labute approximate surface area is 177 Å². The molecule has 3 aromatic carbocycles. The molecule has 3 rings (SSSR count). The number of amides is 2. The normalized spacial score (nSPS) is 11.3. The van der Waals surface area contributed by atoms with Gasteiger partial charge in [-0.3, -0.25) is 20.4 Å². The average molecular weight is 426 g/mol. The lowest BCUT2D eigenvalue weighted by Crippen LogP contribution is -2.47. The highest BCUT2D eigenvalue weighted by atomic mass is 19.1. The summed E-state index contributed by atoms with van der Waals surface area (Å²) in [4.78, 5) is 24.7. The van der Waals surface area contributed by atoms with Gasteiger partial charge >= 0.3 is 0 Å². The van der Waals surface area contributed by atoms with Crippen molar-refractivity contribution in [2.75, 3.05) is 0 Å². The van der Waals surface area contributed by atoms with Crippen LogP contribution in [-0.4, -0.2) is 17.9 Å². The van der Waals surface area contributed by atoms with Crippen molar-refractivity contribution >= 4 is 11.8 Å². The van der Waals surface area contributed by atoms with Crippen molar-refractivity contribution in [3.8, 4) is 11.5 Å². The Morgan fingerprint density at radius 2 is 1.52 bits per heavy atom. The third kappa shape index (κ3) is 6.02. The Kier molecular flexibility index (Phi) is 7.16. The van der Waals surface area contributed by atoms with Crippen molar-refractivity contribution in [3.05, 3.63) is 95.6 Å². The summed E-state index contributed by atoms with van der Waals surface area (Å²) in [6, 6.07) is 17.9. The fourth-order valence-electron chi connectivity index (χ4n) is 2.59. The molecule has 0 spiro atoms. The highest BCUT2D eigenvalue weighted by Crippen LogP contribution is 2.20. The molecule has 0 fully saturated rings. The number of carbonyl (C=O) groups excluding carboxylic acids is 2. The number of halogens is 2. The molecule has 2 amide bonds. The van der Waals surface area contributed by atoms with Crippen molar-refractivity contribution in [2.24, 2.45) is 0 Å². The first-order valence-corrected chi connectivity index (χ1v) is 9.41. The lowest BCUT2D eigenvalue weighted by atomic mass is 10.2. The molecule has 31 heavy (non-hydrogen) atoms. The summed E-state index contributed by atoms with van der Waals surface area (Å²) in [5.41, 5.74) is 5.44. The summed E-state index contributed by atoms with van der Waals surface area (Å²) < 4.78 is 37.6. The number of hydrazine groups is 1. The highest BCUT2D eigenvalue weighted by molar-refractivity contribution is 5.98. The number of rotatable bonds is 7. The molecule has 0 aliphatic heterocycles. The number of hydrogen-bond acceptors (Lipinski definition) is 4. The maximum Gasteiger partial charge on any atom is 0.279 e. The summed E-state index contributed by atoms with van der Waals surface area (Å²) >= 11 is 0. The maximum absolute atomic E-state index is 13.6. The molecule has 0 aliphatic carbocycles. The van der Waals surface area contributed by atoms with Crippen LogP contribution in [0.2, 0.25) is 0 Å².